The van der Waals surface area contributed by atoms with Crippen molar-refractivity contribution >= 4 is 22.8 Å². The number of aromatic nitrogens is 2. The van der Waals surface area contributed by atoms with Crippen LogP contribution in [0.15, 0.2) is 23.1 Å². The van der Waals surface area contributed by atoms with Crippen molar-refractivity contribution in [1.82, 2.24) is 20.2 Å². The van der Waals surface area contributed by atoms with Crippen LogP contribution in [0.4, 0.5) is 4.79 Å². The van der Waals surface area contributed by atoms with E-state index >= 15 is 0 Å². The minimum absolute atomic E-state index is 0.0174. The lowest BCUT2D eigenvalue weighted by Crippen LogP contribution is -2.45. The number of rotatable bonds is 4. The van der Waals surface area contributed by atoms with Gasteiger partial charge < -0.3 is 9.88 Å². The Kier molecular flexibility index (Phi) is 7.15. The van der Waals surface area contributed by atoms with Gasteiger partial charge in [-0.15, -0.1) is 0 Å². The van der Waals surface area contributed by atoms with Crippen LogP contribution in [0.1, 0.15) is 75.5 Å². The summed E-state index contributed by atoms with van der Waals surface area (Å²) in [4.78, 5) is 42.8. The summed E-state index contributed by atoms with van der Waals surface area (Å²) >= 11 is 0. The highest BCUT2D eigenvalue weighted by molar-refractivity contribution is 5.95. The molecular weight excluding hydrogens is 416 g/mol. The number of imide groups is 1. The third-order valence-electron chi connectivity index (χ3n) is 7.75. The summed E-state index contributed by atoms with van der Waals surface area (Å²) in [5.74, 6) is 0.273. The summed E-state index contributed by atoms with van der Waals surface area (Å²) in [6.07, 6.45) is 9.97. The molecular formula is C26H36N4O3. The zero-order valence-electron chi connectivity index (χ0n) is 20.0. The fraction of sp³-hybridized carbons (Fsp3) is 0.615. The van der Waals surface area contributed by atoms with Crippen LogP contribution in [-0.2, 0) is 11.8 Å². The predicted octanol–water partition coefficient (Wildman–Crippen LogP) is 4.17. The number of urea groups is 1. The summed E-state index contributed by atoms with van der Waals surface area (Å²) in [6, 6.07) is 3.47. The third kappa shape index (κ3) is 5.28. The topological polar surface area (TPSA) is 93.1 Å². The van der Waals surface area contributed by atoms with Gasteiger partial charge >= 0.3 is 6.03 Å². The molecule has 0 aliphatic heterocycles. The van der Waals surface area contributed by atoms with E-state index in [4.69, 9.17) is 0 Å². The van der Waals surface area contributed by atoms with Gasteiger partial charge in [-0.25, -0.2) is 4.79 Å². The average Bonchev–Trinajstić information content (AvgIpc) is 2.81. The highest BCUT2D eigenvalue weighted by Crippen LogP contribution is 2.40. The largest absolute Gasteiger partial charge is 0.338 e. The Labute approximate surface area is 195 Å². The van der Waals surface area contributed by atoms with Crippen LogP contribution in [0.3, 0.4) is 0 Å². The van der Waals surface area contributed by atoms with E-state index in [0.717, 1.165) is 47.8 Å². The van der Waals surface area contributed by atoms with Crippen molar-refractivity contribution in [3.63, 3.8) is 0 Å². The van der Waals surface area contributed by atoms with Crippen molar-refractivity contribution in [3.8, 4) is 0 Å². The van der Waals surface area contributed by atoms with Gasteiger partial charge in [-0.3, -0.25) is 19.9 Å². The molecule has 0 aromatic carbocycles. The minimum atomic E-state index is -0.399. The summed E-state index contributed by atoms with van der Waals surface area (Å²) in [6.45, 7) is 4.69. The second kappa shape index (κ2) is 10.1. The molecule has 2 fully saturated rings. The minimum Gasteiger partial charge on any atom is -0.338 e. The summed E-state index contributed by atoms with van der Waals surface area (Å²) in [5.41, 5.74) is 2.46. The number of nitrogens with zero attached hydrogens (tertiary/aromatic N) is 2. The Balaban J connectivity index is 1.44. The lowest BCUT2D eigenvalue weighted by molar-refractivity contribution is -0.125. The highest BCUT2D eigenvalue weighted by atomic mass is 16.2. The van der Waals surface area contributed by atoms with E-state index in [9.17, 15) is 14.4 Å². The lowest BCUT2D eigenvalue weighted by atomic mass is 9.71. The molecule has 2 heterocycles. The van der Waals surface area contributed by atoms with Gasteiger partial charge in [0.25, 0.3) is 5.56 Å². The molecule has 3 unspecified atom stereocenters. The van der Waals surface area contributed by atoms with Crippen LogP contribution in [0.5, 0.6) is 0 Å². The molecule has 2 aromatic rings. The van der Waals surface area contributed by atoms with E-state index in [1.165, 1.54) is 19.3 Å². The van der Waals surface area contributed by atoms with E-state index in [0.29, 0.717) is 18.9 Å². The first-order chi connectivity index (χ1) is 15.8. The second-order valence-corrected chi connectivity index (χ2v) is 10.1. The molecule has 0 spiro atoms. The average molecular weight is 453 g/mol. The maximum Gasteiger partial charge on any atom is 0.321 e. The van der Waals surface area contributed by atoms with Crippen LogP contribution in [0, 0.1) is 24.7 Å². The van der Waals surface area contributed by atoms with Crippen LogP contribution in [0.2, 0.25) is 0 Å². The molecule has 0 saturated heterocycles. The number of pyridine rings is 2. The normalized spacial score (nSPS) is 23.9. The quantitative estimate of drug-likeness (QED) is 0.728. The molecule has 2 aromatic heterocycles. The number of hydrogen-bond donors (Lipinski definition) is 2. The fourth-order valence-electron chi connectivity index (χ4n) is 5.64. The Morgan fingerprint density at radius 1 is 1.12 bits per heavy atom. The number of fused-ring (bicyclic) bond motifs is 1. The molecule has 3 amide bonds. The SMILES string of the molecule is Cc1cc2c(cn1)cc(C1CC(C(=O)NC(=O)NCC3CCCCC3)CCC1C)c(=O)n2C. The van der Waals surface area contributed by atoms with Crippen molar-refractivity contribution in [3.05, 3.63) is 39.9 Å². The Bertz CT molecular complexity index is 1090. The smallest absolute Gasteiger partial charge is 0.321 e. The molecule has 2 aliphatic carbocycles. The van der Waals surface area contributed by atoms with Crippen molar-refractivity contribution in [1.29, 1.82) is 0 Å². The van der Waals surface area contributed by atoms with E-state index in [1.54, 1.807) is 11.6 Å². The van der Waals surface area contributed by atoms with Crippen LogP contribution in [-0.4, -0.2) is 28.0 Å². The molecule has 0 bridgehead atoms. The van der Waals surface area contributed by atoms with Crippen molar-refractivity contribution in [2.24, 2.45) is 24.8 Å². The first kappa shape index (κ1) is 23.5. The van der Waals surface area contributed by atoms with E-state index in [1.807, 2.05) is 25.3 Å². The van der Waals surface area contributed by atoms with Gasteiger partial charge in [0.15, 0.2) is 0 Å². The number of aryl methyl sites for hydroxylation is 2. The standard InChI is InChI=1S/C26H36N4O3/c1-16-9-10-19(24(31)29-26(33)28-14-18-7-5-4-6-8-18)12-21(16)22-13-20-15-27-17(2)11-23(20)30(3)25(22)32/h11,13,15-16,18-19,21H,4-10,12,14H2,1-3H3,(H2,28,29,31,33). The first-order valence-corrected chi connectivity index (χ1v) is 12.4. The van der Waals surface area contributed by atoms with Crippen LogP contribution >= 0.6 is 0 Å². The van der Waals surface area contributed by atoms with Crippen molar-refractivity contribution in [2.75, 3.05) is 6.54 Å². The Hall–Kier alpha value is -2.70. The molecule has 3 atom stereocenters. The van der Waals surface area contributed by atoms with Gasteiger partial charge in [0.2, 0.25) is 5.91 Å². The predicted molar refractivity (Wildman–Crippen MR) is 129 cm³/mol. The summed E-state index contributed by atoms with van der Waals surface area (Å²) in [7, 11) is 1.79. The third-order valence-corrected chi connectivity index (χ3v) is 7.75. The lowest BCUT2D eigenvalue weighted by Gasteiger charge is -2.33. The first-order valence-electron chi connectivity index (χ1n) is 12.4. The maximum atomic E-state index is 13.2. The molecule has 2 N–H and O–H groups in total. The number of amides is 3. The van der Waals surface area contributed by atoms with E-state index in [-0.39, 0.29) is 29.2 Å². The molecule has 2 saturated carbocycles. The van der Waals surface area contributed by atoms with E-state index in [2.05, 4.69) is 22.5 Å². The zero-order valence-corrected chi connectivity index (χ0v) is 20.0. The van der Waals surface area contributed by atoms with Gasteiger partial charge in [0.1, 0.15) is 0 Å². The highest BCUT2D eigenvalue weighted by Gasteiger charge is 2.35. The van der Waals surface area contributed by atoms with Gasteiger partial charge in [-0.05, 0) is 68.9 Å². The maximum absolute atomic E-state index is 13.2. The molecule has 0 radical (unpaired) electrons. The molecule has 4 rings (SSSR count). The summed E-state index contributed by atoms with van der Waals surface area (Å²) in [5, 5.41) is 6.37. The Morgan fingerprint density at radius 3 is 2.64 bits per heavy atom. The van der Waals surface area contributed by atoms with Gasteiger partial charge in [0, 0.05) is 42.4 Å². The van der Waals surface area contributed by atoms with Gasteiger partial charge in [0.05, 0.1) is 5.52 Å². The zero-order chi connectivity index (χ0) is 23.5. The fourth-order valence-corrected chi connectivity index (χ4v) is 5.64. The Morgan fingerprint density at radius 2 is 1.88 bits per heavy atom. The molecule has 2 aliphatic rings. The number of carbonyl (C=O) groups excluding carboxylic acids is 2. The number of nitrogens with one attached hydrogen (secondary N) is 2. The van der Waals surface area contributed by atoms with Crippen LogP contribution < -0.4 is 16.2 Å². The number of carbonyl (C=O) groups is 2. The van der Waals surface area contributed by atoms with Crippen molar-refractivity contribution in [2.45, 2.75) is 71.1 Å². The second-order valence-electron chi connectivity index (χ2n) is 10.1. The molecule has 7 heteroatoms. The van der Waals surface area contributed by atoms with Crippen LogP contribution in [0.25, 0.3) is 10.9 Å². The number of hydrogen-bond acceptors (Lipinski definition) is 4. The monoisotopic (exact) mass is 452 g/mol. The molecule has 33 heavy (non-hydrogen) atoms. The summed E-state index contributed by atoms with van der Waals surface area (Å²) < 4.78 is 1.69. The van der Waals surface area contributed by atoms with E-state index < -0.39 is 6.03 Å². The molecule has 178 valence electrons. The van der Waals surface area contributed by atoms with Gasteiger partial charge in [-0.1, -0.05) is 26.2 Å². The van der Waals surface area contributed by atoms with Crippen molar-refractivity contribution < 1.29 is 9.59 Å². The molecule has 7 nitrogen and oxygen atoms in total. The van der Waals surface area contributed by atoms with Gasteiger partial charge in [-0.2, -0.15) is 0 Å².